The average Bonchev–Trinajstić information content (AvgIpc) is 3.16. The number of amides is 2. The first-order valence-corrected chi connectivity index (χ1v) is 7.57. The van der Waals surface area contributed by atoms with E-state index in [0.717, 1.165) is 0 Å². The van der Waals surface area contributed by atoms with E-state index < -0.39 is 11.7 Å². The first-order valence-electron chi connectivity index (χ1n) is 7.57. The monoisotopic (exact) mass is 300 g/mol. The van der Waals surface area contributed by atoms with Gasteiger partial charge in [0.2, 0.25) is 5.91 Å². The molecule has 0 aromatic heterocycles. The van der Waals surface area contributed by atoms with Gasteiger partial charge < -0.3 is 20.1 Å². The zero-order chi connectivity index (χ0) is 15.9. The summed E-state index contributed by atoms with van der Waals surface area (Å²) < 4.78 is 10.4. The molecule has 21 heavy (non-hydrogen) atoms. The molecule has 1 fully saturated rings. The van der Waals surface area contributed by atoms with Crippen molar-refractivity contribution in [2.24, 2.45) is 11.8 Å². The molecule has 1 aliphatic carbocycles. The largest absolute Gasteiger partial charge is 0.444 e. The SMILES string of the molecule is C[C@@H](CNC(=O)COCC1CC1)CNC(=O)OC(C)(C)C. The third-order valence-electron chi connectivity index (χ3n) is 2.93. The van der Waals surface area contributed by atoms with E-state index in [0.29, 0.717) is 25.6 Å². The molecule has 0 aromatic carbocycles. The summed E-state index contributed by atoms with van der Waals surface area (Å²) in [6.45, 7) is 9.15. The molecule has 122 valence electrons. The van der Waals surface area contributed by atoms with E-state index >= 15 is 0 Å². The lowest BCUT2D eigenvalue weighted by Gasteiger charge is -2.21. The summed E-state index contributed by atoms with van der Waals surface area (Å²) in [4.78, 5) is 23.0. The third kappa shape index (κ3) is 10.1. The minimum absolute atomic E-state index is 0.111. The van der Waals surface area contributed by atoms with Gasteiger partial charge in [-0.05, 0) is 45.4 Å². The molecule has 0 radical (unpaired) electrons. The van der Waals surface area contributed by atoms with Crippen LogP contribution in [0.3, 0.4) is 0 Å². The smallest absolute Gasteiger partial charge is 0.407 e. The maximum atomic E-state index is 11.5. The van der Waals surface area contributed by atoms with Gasteiger partial charge in [-0.3, -0.25) is 4.79 Å². The quantitative estimate of drug-likeness (QED) is 0.715. The van der Waals surface area contributed by atoms with Crippen molar-refractivity contribution >= 4 is 12.0 Å². The van der Waals surface area contributed by atoms with Crippen molar-refractivity contribution in [2.75, 3.05) is 26.3 Å². The van der Waals surface area contributed by atoms with Crippen LogP contribution in [0.1, 0.15) is 40.5 Å². The Morgan fingerprint density at radius 1 is 1.19 bits per heavy atom. The molecule has 1 rings (SSSR count). The number of ether oxygens (including phenoxy) is 2. The van der Waals surface area contributed by atoms with Crippen LogP contribution < -0.4 is 10.6 Å². The Labute approximate surface area is 126 Å². The Balaban J connectivity index is 2.02. The Morgan fingerprint density at radius 3 is 2.38 bits per heavy atom. The molecule has 0 aromatic rings. The lowest BCUT2D eigenvalue weighted by atomic mass is 10.2. The van der Waals surface area contributed by atoms with E-state index in [-0.39, 0.29) is 18.4 Å². The summed E-state index contributed by atoms with van der Waals surface area (Å²) in [7, 11) is 0. The lowest BCUT2D eigenvalue weighted by Crippen LogP contribution is -2.38. The van der Waals surface area contributed by atoms with E-state index in [9.17, 15) is 9.59 Å². The maximum absolute atomic E-state index is 11.5. The highest BCUT2D eigenvalue weighted by Crippen LogP contribution is 2.28. The van der Waals surface area contributed by atoms with Gasteiger partial charge >= 0.3 is 6.09 Å². The zero-order valence-electron chi connectivity index (χ0n) is 13.5. The van der Waals surface area contributed by atoms with Gasteiger partial charge in [0.1, 0.15) is 12.2 Å². The molecule has 6 nitrogen and oxygen atoms in total. The van der Waals surface area contributed by atoms with E-state index in [1.54, 1.807) is 0 Å². The molecule has 0 saturated heterocycles. The van der Waals surface area contributed by atoms with Crippen LogP contribution in [0.15, 0.2) is 0 Å². The summed E-state index contributed by atoms with van der Waals surface area (Å²) in [6, 6.07) is 0. The molecule has 2 N–H and O–H groups in total. The fourth-order valence-corrected chi connectivity index (χ4v) is 1.59. The van der Waals surface area contributed by atoms with Crippen molar-refractivity contribution in [2.45, 2.75) is 46.1 Å². The average molecular weight is 300 g/mol. The maximum Gasteiger partial charge on any atom is 0.407 e. The van der Waals surface area contributed by atoms with Crippen LogP contribution in [0.2, 0.25) is 0 Å². The Bertz CT molecular complexity index is 348. The van der Waals surface area contributed by atoms with E-state index in [1.165, 1.54) is 12.8 Å². The number of hydrogen-bond acceptors (Lipinski definition) is 4. The van der Waals surface area contributed by atoms with Crippen molar-refractivity contribution in [3.05, 3.63) is 0 Å². The van der Waals surface area contributed by atoms with Crippen molar-refractivity contribution in [3.63, 3.8) is 0 Å². The van der Waals surface area contributed by atoms with Gasteiger partial charge in [-0.25, -0.2) is 4.79 Å². The van der Waals surface area contributed by atoms with Gasteiger partial charge in [-0.2, -0.15) is 0 Å². The molecule has 0 heterocycles. The number of rotatable bonds is 8. The van der Waals surface area contributed by atoms with E-state index in [4.69, 9.17) is 9.47 Å². The third-order valence-corrected chi connectivity index (χ3v) is 2.93. The van der Waals surface area contributed by atoms with E-state index in [2.05, 4.69) is 10.6 Å². The molecule has 1 aliphatic rings. The minimum Gasteiger partial charge on any atom is -0.444 e. The molecule has 1 atom stereocenters. The molecule has 2 amide bonds. The number of alkyl carbamates (subject to hydrolysis) is 1. The zero-order valence-corrected chi connectivity index (χ0v) is 13.5. The van der Waals surface area contributed by atoms with Crippen LogP contribution in [0.5, 0.6) is 0 Å². The van der Waals surface area contributed by atoms with Crippen molar-refractivity contribution < 1.29 is 19.1 Å². The topological polar surface area (TPSA) is 76.7 Å². The highest BCUT2D eigenvalue weighted by Gasteiger charge is 2.21. The van der Waals surface area contributed by atoms with Crippen molar-refractivity contribution in [3.8, 4) is 0 Å². The summed E-state index contributed by atoms with van der Waals surface area (Å²) in [5, 5.41) is 5.48. The second-order valence-electron chi connectivity index (χ2n) is 6.75. The van der Waals surface area contributed by atoms with Gasteiger partial charge in [-0.1, -0.05) is 6.92 Å². The summed E-state index contributed by atoms with van der Waals surface area (Å²) in [6.07, 6.45) is 2.00. The van der Waals surface area contributed by atoms with Gasteiger partial charge in [0.05, 0.1) is 6.61 Å². The Kier molecular flexibility index (Phi) is 6.95. The molecule has 6 heteroatoms. The molecule has 0 aliphatic heterocycles. The van der Waals surface area contributed by atoms with Crippen LogP contribution in [0, 0.1) is 11.8 Å². The van der Waals surface area contributed by atoms with Crippen LogP contribution in [0.4, 0.5) is 4.79 Å². The molecule has 1 saturated carbocycles. The van der Waals surface area contributed by atoms with Gasteiger partial charge in [0, 0.05) is 13.1 Å². The Hall–Kier alpha value is -1.30. The molecule has 0 spiro atoms. The summed E-state index contributed by atoms with van der Waals surface area (Å²) in [5.41, 5.74) is -0.500. The predicted molar refractivity (Wildman–Crippen MR) is 80.0 cm³/mol. The molecule has 0 unspecified atom stereocenters. The summed E-state index contributed by atoms with van der Waals surface area (Å²) >= 11 is 0. The summed E-state index contributed by atoms with van der Waals surface area (Å²) in [5.74, 6) is 0.680. The number of hydrogen-bond donors (Lipinski definition) is 2. The molecule has 0 bridgehead atoms. The van der Waals surface area contributed by atoms with Gasteiger partial charge in [-0.15, -0.1) is 0 Å². The minimum atomic E-state index is -0.500. The fraction of sp³-hybridized carbons (Fsp3) is 0.867. The van der Waals surface area contributed by atoms with Crippen molar-refractivity contribution in [1.82, 2.24) is 10.6 Å². The first kappa shape index (κ1) is 17.8. The predicted octanol–water partition coefficient (Wildman–Crippen LogP) is 1.69. The highest BCUT2D eigenvalue weighted by molar-refractivity contribution is 5.77. The van der Waals surface area contributed by atoms with Gasteiger partial charge in [0.25, 0.3) is 0 Å². The Morgan fingerprint density at radius 2 is 1.81 bits per heavy atom. The van der Waals surface area contributed by atoms with Crippen molar-refractivity contribution in [1.29, 1.82) is 0 Å². The first-order chi connectivity index (χ1) is 9.76. The molecular formula is C15H28N2O4. The normalized spacial score (nSPS) is 16.2. The standard InChI is InChI=1S/C15H28N2O4/c1-11(8-17-14(19)21-15(2,3)4)7-16-13(18)10-20-9-12-5-6-12/h11-12H,5-10H2,1-4H3,(H,16,18)(H,17,19)/t11-/m0/s1. The number of carbonyl (C=O) groups is 2. The van der Waals surface area contributed by atoms with E-state index in [1.807, 2.05) is 27.7 Å². The number of nitrogens with one attached hydrogen (secondary N) is 2. The lowest BCUT2D eigenvalue weighted by molar-refractivity contribution is -0.126. The second kappa shape index (κ2) is 8.22. The van der Waals surface area contributed by atoms with Gasteiger partial charge in [0.15, 0.2) is 0 Å². The highest BCUT2D eigenvalue weighted by atomic mass is 16.6. The van der Waals surface area contributed by atoms with Crippen LogP contribution in [-0.2, 0) is 14.3 Å². The van der Waals surface area contributed by atoms with Crippen LogP contribution in [-0.4, -0.2) is 43.9 Å². The fourth-order valence-electron chi connectivity index (χ4n) is 1.59. The second-order valence-corrected chi connectivity index (χ2v) is 6.75. The number of carbonyl (C=O) groups excluding carboxylic acids is 2. The van der Waals surface area contributed by atoms with Crippen LogP contribution in [0.25, 0.3) is 0 Å². The van der Waals surface area contributed by atoms with Crippen LogP contribution >= 0.6 is 0 Å². The molecular weight excluding hydrogens is 272 g/mol.